The molecule has 0 spiro atoms. The summed E-state index contributed by atoms with van der Waals surface area (Å²) in [7, 11) is 4.02. The number of hydrogen-bond donors (Lipinski definition) is 1. The zero-order chi connectivity index (χ0) is 12.4. The number of carbonyl (C=O) groups excluding carboxylic acids is 1. The van der Waals surface area contributed by atoms with Gasteiger partial charge in [0.15, 0.2) is 0 Å². The number of rotatable bonds is 3. The first-order valence-electron chi connectivity index (χ1n) is 5.94. The van der Waals surface area contributed by atoms with Gasteiger partial charge in [-0.1, -0.05) is 5.16 Å². The van der Waals surface area contributed by atoms with Crippen molar-refractivity contribution in [3.8, 4) is 0 Å². The lowest BCUT2D eigenvalue weighted by molar-refractivity contribution is -0.119. The smallest absolute Gasteiger partial charge is 0.217 e. The molecule has 0 saturated heterocycles. The first-order chi connectivity index (χ1) is 8.06. The minimum absolute atomic E-state index is 0.0315. The first kappa shape index (κ1) is 12.1. The number of amides is 1. The van der Waals surface area contributed by atoms with Gasteiger partial charge in [0.2, 0.25) is 5.91 Å². The fraction of sp³-hybridized carbons (Fsp3) is 0.667. The topological polar surface area (TPSA) is 58.4 Å². The van der Waals surface area contributed by atoms with Gasteiger partial charge in [-0.3, -0.25) is 4.79 Å². The fourth-order valence-corrected chi connectivity index (χ4v) is 2.30. The van der Waals surface area contributed by atoms with E-state index in [1.54, 1.807) is 6.92 Å². The van der Waals surface area contributed by atoms with Crippen LogP contribution in [-0.4, -0.2) is 36.1 Å². The highest BCUT2D eigenvalue weighted by Gasteiger charge is 2.26. The van der Waals surface area contributed by atoms with Gasteiger partial charge in [-0.05, 0) is 26.9 Å². The summed E-state index contributed by atoms with van der Waals surface area (Å²) in [5.41, 5.74) is 2.18. The highest BCUT2D eigenvalue weighted by Crippen LogP contribution is 2.25. The second-order valence-corrected chi connectivity index (χ2v) is 4.91. The summed E-state index contributed by atoms with van der Waals surface area (Å²) in [5.74, 6) is 1.02. The molecule has 1 aromatic rings. The Labute approximate surface area is 101 Å². The third kappa shape index (κ3) is 2.85. The van der Waals surface area contributed by atoms with E-state index in [-0.39, 0.29) is 11.9 Å². The summed E-state index contributed by atoms with van der Waals surface area (Å²) in [6.45, 7) is 2.34. The van der Waals surface area contributed by atoms with Gasteiger partial charge in [-0.25, -0.2) is 0 Å². The molecule has 0 radical (unpaired) electrons. The first-order valence-corrected chi connectivity index (χ1v) is 5.94. The number of nitrogens with zero attached hydrogens (tertiary/aromatic N) is 2. The monoisotopic (exact) mass is 237 g/mol. The quantitative estimate of drug-likeness (QED) is 0.842. The summed E-state index contributed by atoms with van der Waals surface area (Å²) in [4.78, 5) is 13.1. The summed E-state index contributed by atoms with van der Waals surface area (Å²) >= 11 is 0. The Hall–Kier alpha value is -1.36. The van der Waals surface area contributed by atoms with E-state index >= 15 is 0 Å². The van der Waals surface area contributed by atoms with Crippen LogP contribution in [0.3, 0.4) is 0 Å². The maximum absolute atomic E-state index is 11.1. The summed E-state index contributed by atoms with van der Waals surface area (Å²) in [5, 5.41) is 7.09. The van der Waals surface area contributed by atoms with Crippen LogP contribution in [0.15, 0.2) is 4.52 Å². The van der Waals surface area contributed by atoms with Gasteiger partial charge in [0, 0.05) is 31.5 Å². The van der Waals surface area contributed by atoms with Crippen LogP contribution in [0, 0.1) is 0 Å². The molecule has 1 aliphatic carbocycles. The molecule has 2 rings (SSSR count). The van der Waals surface area contributed by atoms with Gasteiger partial charge >= 0.3 is 0 Å². The molecule has 0 bridgehead atoms. The molecule has 5 nitrogen and oxygen atoms in total. The van der Waals surface area contributed by atoms with Gasteiger partial charge < -0.3 is 14.7 Å². The Morgan fingerprint density at radius 3 is 3.00 bits per heavy atom. The lowest BCUT2D eigenvalue weighted by atomic mass is 9.92. The van der Waals surface area contributed by atoms with E-state index in [2.05, 4.69) is 15.4 Å². The van der Waals surface area contributed by atoms with Gasteiger partial charge in [-0.2, -0.15) is 0 Å². The molecule has 1 aliphatic rings. The standard InChI is InChI=1S/C12H19N3O2/c1-8(16)13-9-4-5-12-10(6-9)11(14-17-12)7-15(2)3/h9H,4-7H2,1-3H3,(H,13,16). The second kappa shape index (κ2) is 4.87. The van der Waals surface area contributed by atoms with Crippen LogP contribution in [0.4, 0.5) is 0 Å². The highest BCUT2D eigenvalue weighted by molar-refractivity contribution is 5.73. The molecule has 94 valence electrons. The SMILES string of the molecule is CC(=O)NC1CCc2onc(CN(C)C)c2C1. The van der Waals surface area contributed by atoms with Crippen LogP contribution in [0.1, 0.15) is 30.4 Å². The van der Waals surface area contributed by atoms with Crippen molar-refractivity contribution in [3.05, 3.63) is 17.0 Å². The summed E-state index contributed by atoms with van der Waals surface area (Å²) < 4.78 is 5.35. The second-order valence-electron chi connectivity index (χ2n) is 4.91. The fourth-order valence-electron chi connectivity index (χ4n) is 2.30. The zero-order valence-corrected chi connectivity index (χ0v) is 10.6. The van der Waals surface area contributed by atoms with Crippen molar-refractivity contribution in [2.75, 3.05) is 14.1 Å². The minimum atomic E-state index is 0.0315. The Kier molecular flexibility index (Phi) is 3.47. The molecule has 17 heavy (non-hydrogen) atoms. The molecule has 1 amide bonds. The molecule has 0 fully saturated rings. The van der Waals surface area contributed by atoms with Gasteiger partial charge in [0.05, 0.1) is 0 Å². The number of carbonyl (C=O) groups is 1. The maximum atomic E-state index is 11.1. The van der Waals surface area contributed by atoms with Crippen LogP contribution in [0.2, 0.25) is 0 Å². The molecule has 1 unspecified atom stereocenters. The largest absolute Gasteiger partial charge is 0.361 e. The van der Waals surface area contributed by atoms with Crippen molar-refractivity contribution >= 4 is 5.91 Å². The average molecular weight is 237 g/mol. The molecule has 0 aromatic carbocycles. The Bertz CT molecular complexity index is 412. The highest BCUT2D eigenvalue weighted by atomic mass is 16.5. The number of aryl methyl sites for hydroxylation is 1. The van der Waals surface area contributed by atoms with E-state index in [0.29, 0.717) is 0 Å². The molecular formula is C12H19N3O2. The van der Waals surface area contributed by atoms with Crippen LogP contribution in [0.5, 0.6) is 0 Å². The molecule has 1 aromatic heterocycles. The van der Waals surface area contributed by atoms with Crippen LogP contribution in [-0.2, 0) is 24.2 Å². The third-order valence-electron chi connectivity index (χ3n) is 2.99. The number of nitrogens with one attached hydrogen (secondary N) is 1. The predicted octanol–water partition coefficient (Wildman–Crippen LogP) is 0.730. The van der Waals surface area contributed by atoms with E-state index in [1.807, 2.05) is 14.1 Å². The van der Waals surface area contributed by atoms with Crippen molar-refractivity contribution in [1.29, 1.82) is 0 Å². The van der Waals surface area contributed by atoms with E-state index in [0.717, 1.165) is 37.3 Å². The van der Waals surface area contributed by atoms with Crippen molar-refractivity contribution in [2.45, 2.75) is 38.8 Å². The molecular weight excluding hydrogens is 218 g/mol. The molecule has 1 atom stereocenters. The van der Waals surface area contributed by atoms with E-state index < -0.39 is 0 Å². The van der Waals surface area contributed by atoms with Crippen LogP contribution >= 0.6 is 0 Å². The van der Waals surface area contributed by atoms with Crippen molar-refractivity contribution in [1.82, 2.24) is 15.4 Å². The van der Waals surface area contributed by atoms with E-state index in [9.17, 15) is 4.79 Å². The minimum Gasteiger partial charge on any atom is -0.361 e. The molecule has 5 heteroatoms. The Morgan fingerprint density at radius 1 is 1.59 bits per heavy atom. The number of aromatic nitrogens is 1. The van der Waals surface area contributed by atoms with Crippen LogP contribution < -0.4 is 5.32 Å². The normalized spacial score (nSPS) is 19.2. The summed E-state index contributed by atoms with van der Waals surface area (Å²) in [6.07, 6.45) is 2.63. The van der Waals surface area contributed by atoms with Crippen LogP contribution in [0.25, 0.3) is 0 Å². The Morgan fingerprint density at radius 2 is 2.35 bits per heavy atom. The van der Waals surface area contributed by atoms with Crippen molar-refractivity contribution in [2.24, 2.45) is 0 Å². The maximum Gasteiger partial charge on any atom is 0.217 e. The lowest BCUT2D eigenvalue weighted by Crippen LogP contribution is -2.37. The number of hydrogen-bond acceptors (Lipinski definition) is 4. The van der Waals surface area contributed by atoms with Gasteiger partial charge in [-0.15, -0.1) is 0 Å². The zero-order valence-electron chi connectivity index (χ0n) is 10.6. The third-order valence-corrected chi connectivity index (χ3v) is 2.99. The molecule has 1 N–H and O–H groups in total. The average Bonchev–Trinajstić information content (AvgIpc) is 2.59. The molecule has 0 saturated carbocycles. The van der Waals surface area contributed by atoms with E-state index in [1.165, 1.54) is 5.56 Å². The number of fused-ring (bicyclic) bond motifs is 1. The van der Waals surface area contributed by atoms with Gasteiger partial charge in [0.1, 0.15) is 11.5 Å². The van der Waals surface area contributed by atoms with E-state index in [4.69, 9.17) is 4.52 Å². The Balaban J connectivity index is 2.11. The summed E-state index contributed by atoms with van der Waals surface area (Å²) in [6, 6.07) is 0.223. The van der Waals surface area contributed by atoms with Crippen molar-refractivity contribution < 1.29 is 9.32 Å². The van der Waals surface area contributed by atoms with Gasteiger partial charge in [0.25, 0.3) is 0 Å². The molecule has 1 heterocycles. The predicted molar refractivity (Wildman–Crippen MR) is 63.5 cm³/mol. The van der Waals surface area contributed by atoms with Crippen molar-refractivity contribution in [3.63, 3.8) is 0 Å². The lowest BCUT2D eigenvalue weighted by Gasteiger charge is -2.22. The molecule has 0 aliphatic heterocycles.